The highest BCUT2D eigenvalue weighted by Crippen LogP contribution is 2.19. The van der Waals surface area contributed by atoms with Crippen molar-refractivity contribution in [2.75, 3.05) is 0 Å². The largest absolute Gasteiger partial charge is 0.345 e. The number of amides is 1. The van der Waals surface area contributed by atoms with Gasteiger partial charge in [-0.15, -0.1) is 5.10 Å². The molecule has 1 heterocycles. The van der Waals surface area contributed by atoms with E-state index >= 15 is 0 Å². The van der Waals surface area contributed by atoms with Gasteiger partial charge in [0.05, 0.1) is 11.7 Å². The average molecular weight is 321 g/mol. The van der Waals surface area contributed by atoms with Crippen molar-refractivity contribution in [2.45, 2.75) is 25.8 Å². The van der Waals surface area contributed by atoms with Gasteiger partial charge in [0.15, 0.2) is 0 Å². The smallest absolute Gasteiger partial charge is 0.251 e. The maximum atomic E-state index is 12.7. The molecule has 0 aliphatic heterocycles. The summed E-state index contributed by atoms with van der Waals surface area (Å²) in [6.45, 7) is 2.11. The predicted octanol–water partition coefficient (Wildman–Crippen LogP) is 2.93. The van der Waals surface area contributed by atoms with Crippen LogP contribution >= 0.6 is 0 Å². The number of nitrogens with one attached hydrogen (secondary N) is 1. The molecule has 0 aliphatic rings. The maximum Gasteiger partial charge on any atom is 0.251 e. The molecule has 0 radical (unpaired) electrons. The molecule has 3 aromatic rings. The Hall–Kier alpha value is -3.02. The molecule has 0 spiro atoms. The second-order valence-corrected chi connectivity index (χ2v) is 5.53. The molecule has 122 valence electrons. The lowest BCUT2D eigenvalue weighted by molar-refractivity contribution is 0.0934. The van der Waals surface area contributed by atoms with E-state index in [4.69, 9.17) is 0 Å². The van der Waals surface area contributed by atoms with Crippen LogP contribution < -0.4 is 5.32 Å². The number of carbonyl (C=O) groups excluding carboxylic acids is 1. The van der Waals surface area contributed by atoms with Crippen LogP contribution in [0, 0.1) is 0 Å². The van der Waals surface area contributed by atoms with E-state index in [1.807, 2.05) is 42.5 Å². The van der Waals surface area contributed by atoms with E-state index in [1.54, 1.807) is 12.1 Å². The molecule has 1 unspecified atom stereocenters. The predicted molar refractivity (Wildman–Crippen MR) is 90.7 cm³/mol. The van der Waals surface area contributed by atoms with Crippen molar-refractivity contribution in [1.82, 2.24) is 25.5 Å². The van der Waals surface area contributed by atoms with Crippen LogP contribution in [0.5, 0.6) is 0 Å². The third kappa shape index (κ3) is 3.65. The van der Waals surface area contributed by atoms with Gasteiger partial charge in [0.1, 0.15) is 6.33 Å². The number of benzene rings is 2. The first-order valence-corrected chi connectivity index (χ1v) is 7.97. The number of tetrazole rings is 1. The molecule has 0 fully saturated rings. The number of aromatic nitrogens is 4. The molecule has 24 heavy (non-hydrogen) atoms. The number of carbonyl (C=O) groups is 1. The van der Waals surface area contributed by atoms with Crippen LogP contribution in [-0.2, 0) is 0 Å². The summed E-state index contributed by atoms with van der Waals surface area (Å²) < 4.78 is 1.53. The highest BCUT2D eigenvalue weighted by molar-refractivity contribution is 5.95. The highest BCUT2D eigenvalue weighted by Gasteiger charge is 2.15. The molecule has 0 saturated heterocycles. The van der Waals surface area contributed by atoms with Gasteiger partial charge in [-0.05, 0) is 40.6 Å². The molecule has 6 heteroatoms. The molecule has 6 nitrogen and oxygen atoms in total. The van der Waals surface area contributed by atoms with Gasteiger partial charge in [-0.3, -0.25) is 4.79 Å². The topological polar surface area (TPSA) is 72.7 Å². The zero-order valence-corrected chi connectivity index (χ0v) is 13.5. The zero-order valence-electron chi connectivity index (χ0n) is 13.5. The Balaban J connectivity index is 1.79. The third-order valence-electron chi connectivity index (χ3n) is 3.81. The minimum Gasteiger partial charge on any atom is -0.345 e. The van der Waals surface area contributed by atoms with Crippen LogP contribution in [0.1, 0.15) is 41.7 Å². The molecule has 0 saturated carbocycles. The van der Waals surface area contributed by atoms with Crippen LogP contribution in [0.3, 0.4) is 0 Å². The van der Waals surface area contributed by atoms with Gasteiger partial charge in [-0.25, -0.2) is 4.68 Å². The fraction of sp³-hybridized carbons (Fsp3) is 0.222. The fourth-order valence-electron chi connectivity index (χ4n) is 2.61. The van der Waals surface area contributed by atoms with E-state index in [0.717, 1.165) is 24.1 Å². The Morgan fingerprint density at radius 2 is 2.00 bits per heavy atom. The number of hydrogen-bond acceptors (Lipinski definition) is 4. The summed E-state index contributed by atoms with van der Waals surface area (Å²) in [6, 6.07) is 17.3. The van der Waals surface area contributed by atoms with Crippen molar-refractivity contribution in [1.29, 1.82) is 0 Å². The van der Waals surface area contributed by atoms with Crippen molar-refractivity contribution in [3.63, 3.8) is 0 Å². The van der Waals surface area contributed by atoms with Crippen molar-refractivity contribution >= 4 is 5.91 Å². The van der Waals surface area contributed by atoms with E-state index in [1.165, 1.54) is 11.0 Å². The van der Waals surface area contributed by atoms with Crippen LogP contribution in [0.4, 0.5) is 0 Å². The highest BCUT2D eigenvalue weighted by atomic mass is 16.1. The van der Waals surface area contributed by atoms with Gasteiger partial charge >= 0.3 is 0 Å². The summed E-state index contributed by atoms with van der Waals surface area (Å²) in [5, 5.41) is 14.2. The van der Waals surface area contributed by atoms with E-state index < -0.39 is 0 Å². The van der Waals surface area contributed by atoms with Crippen LogP contribution in [0.2, 0.25) is 0 Å². The molecule has 3 rings (SSSR count). The Labute approximate surface area is 140 Å². The van der Waals surface area contributed by atoms with Gasteiger partial charge in [0.2, 0.25) is 0 Å². The summed E-state index contributed by atoms with van der Waals surface area (Å²) in [6.07, 6.45) is 3.38. The van der Waals surface area contributed by atoms with E-state index in [9.17, 15) is 4.79 Å². The van der Waals surface area contributed by atoms with Gasteiger partial charge in [0, 0.05) is 5.56 Å². The van der Waals surface area contributed by atoms with E-state index in [-0.39, 0.29) is 11.9 Å². The summed E-state index contributed by atoms with van der Waals surface area (Å²) in [5.41, 5.74) is 2.45. The SMILES string of the molecule is CCCC(NC(=O)c1cccc(-n2cnnn2)c1)c1ccccc1. The summed E-state index contributed by atoms with van der Waals surface area (Å²) in [4.78, 5) is 12.7. The second-order valence-electron chi connectivity index (χ2n) is 5.53. The molecule has 0 bridgehead atoms. The first-order chi connectivity index (χ1) is 11.8. The molecular weight excluding hydrogens is 302 g/mol. The maximum absolute atomic E-state index is 12.7. The molecule has 2 aromatic carbocycles. The van der Waals surface area contributed by atoms with E-state index in [0.29, 0.717) is 5.56 Å². The monoisotopic (exact) mass is 321 g/mol. The fourth-order valence-corrected chi connectivity index (χ4v) is 2.61. The number of hydrogen-bond donors (Lipinski definition) is 1. The van der Waals surface area contributed by atoms with Gasteiger partial charge < -0.3 is 5.32 Å². The van der Waals surface area contributed by atoms with Crippen molar-refractivity contribution in [3.8, 4) is 5.69 Å². The van der Waals surface area contributed by atoms with Crippen molar-refractivity contribution in [3.05, 3.63) is 72.1 Å². The molecule has 1 aromatic heterocycles. The Morgan fingerprint density at radius 3 is 2.71 bits per heavy atom. The minimum absolute atomic E-state index is 0.000364. The number of nitrogens with zero attached hydrogens (tertiary/aromatic N) is 4. The molecule has 1 amide bonds. The lowest BCUT2D eigenvalue weighted by atomic mass is 10.0. The standard InChI is InChI=1S/C18H19N5O/c1-2-7-17(14-8-4-3-5-9-14)20-18(24)15-10-6-11-16(12-15)23-13-19-21-22-23/h3-6,8-13,17H,2,7H2,1H3,(H,20,24). The normalized spacial score (nSPS) is 11.9. The molecule has 1 N–H and O–H groups in total. The van der Waals surface area contributed by atoms with Crippen LogP contribution in [-0.4, -0.2) is 26.1 Å². The van der Waals surface area contributed by atoms with E-state index in [2.05, 4.69) is 27.8 Å². The zero-order chi connectivity index (χ0) is 16.8. The molecule has 0 aliphatic carbocycles. The summed E-state index contributed by atoms with van der Waals surface area (Å²) in [7, 11) is 0. The minimum atomic E-state index is -0.104. The lowest BCUT2D eigenvalue weighted by Crippen LogP contribution is -2.28. The summed E-state index contributed by atoms with van der Waals surface area (Å²) in [5.74, 6) is -0.104. The summed E-state index contributed by atoms with van der Waals surface area (Å²) >= 11 is 0. The average Bonchev–Trinajstić information content (AvgIpc) is 3.17. The van der Waals surface area contributed by atoms with Gasteiger partial charge in [-0.2, -0.15) is 0 Å². The lowest BCUT2D eigenvalue weighted by Gasteiger charge is -2.19. The van der Waals surface area contributed by atoms with Crippen molar-refractivity contribution < 1.29 is 4.79 Å². The molecule has 1 atom stereocenters. The van der Waals surface area contributed by atoms with Crippen molar-refractivity contribution in [2.24, 2.45) is 0 Å². The Kier molecular flexibility index (Phi) is 4.96. The van der Waals surface area contributed by atoms with Gasteiger partial charge in [-0.1, -0.05) is 49.7 Å². The Bertz CT molecular complexity index is 786. The third-order valence-corrected chi connectivity index (χ3v) is 3.81. The van der Waals surface area contributed by atoms with Crippen LogP contribution in [0.15, 0.2) is 60.9 Å². The second kappa shape index (κ2) is 7.50. The quantitative estimate of drug-likeness (QED) is 0.757. The molecular formula is C18H19N5O. The first kappa shape index (κ1) is 15.9. The van der Waals surface area contributed by atoms with Crippen LogP contribution in [0.25, 0.3) is 5.69 Å². The van der Waals surface area contributed by atoms with Gasteiger partial charge in [0.25, 0.3) is 5.91 Å². The Morgan fingerprint density at radius 1 is 1.17 bits per heavy atom. The number of rotatable bonds is 6. The first-order valence-electron chi connectivity index (χ1n) is 7.97.